The Morgan fingerprint density at radius 2 is 2.36 bits per heavy atom. The van der Waals surface area contributed by atoms with Crippen molar-refractivity contribution in [1.29, 1.82) is 0 Å². The van der Waals surface area contributed by atoms with Gasteiger partial charge >= 0.3 is 0 Å². The summed E-state index contributed by atoms with van der Waals surface area (Å²) in [6.07, 6.45) is 8.62. The second-order valence-electron chi connectivity index (χ2n) is 5.48. The standard InChI is InChI=1S/C16H19BrN5/c1-11(21-16-14(17)9-18-10-20-16)4-6-13-7-5-12-3-2-8-19-15(12)22-13/h5-7,9-11H,2-4,8H2,1H3,(H,19,22)(H,18,20,21)/t11-/m0/s1. The molecule has 115 valence electrons. The van der Waals surface area contributed by atoms with Crippen molar-refractivity contribution in [3.8, 4) is 0 Å². The Labute approximate surface area is 139 Å². The van der Waals surface area contributed by atoms with Crippen LogP contribution in [0.4, 0.5) is 11.6 Å². The summed E-state index contributed by atoms with van der Waals surface area (Å²) in [7, 11) is 0. The van der Waals surface area contributed by atoms with Gasteiger partial charge in [-0.05, 0) is 53.7 Å². The summed E-state index contributed by atoms with van der Waals surface area (Å²) in [5.41, 5.74) is 2.34. The van der Waals surface area contributed by atoms with E-state index in [2.05, 4.69) is 67.0 Å². The maximum Gasteiger partial charge on any atom is 0.143 e. The normalized spacial score (nSPS) is 14.8. The minimum atomic E-state index is 0.261. The summed E-state index contributed by atoms with van der Waals surface area (Å²) in [5, 5.41) is 6.74. The molecule has 3 heterocycles. The average molecular weight is 361 g/mol. The van der Waals surface area contributed by atoms with Gasteiger partial charge in [0.1, 0.15) is 18.0 Å². The second kappa shape index (κ2) is 7.05. The Morgan fingerprint density at radius 1 is 1.45 bits per heavy atom. The summed E-state index contributed by atoms with van der Waals surface area (Å²) >= 11 is 3.44. The molecule has 5 nitrogen and oxygen atoms in total. The molecule has 0 amide bonds. The van der Waals surface area contributed by atoms with Gasteiger partial charge in [-0.2, -0.15) is 0 Å². The van der Waals surface area contributed by atoms with Crippen LogP contribution in [-0.4, -0.2) is 27.5 Å². The molecule has 22 heavy (non-hydrogen) atoms. The van der Waals surface area contributed by atoms with E-state index in [-0.39, 0.29) is 6.04 Å². The van der Waals surface area contributed by atoms with Gasteiger partial charge in [-0.25, -0.2) is 15.0 Å². The molecule has 2 N–H and O–H groups in total. The van der Waals surface area contributed by atoms with E-state index in [1.54, 1.807) is 12.5 Å². The monoisotopic (exact) mass is 360 g/mol. The number of nitrogens with one attached hydrogen (secondary N) is 2. The maximum absolute atomic E-state index is 4.68. The molecule has 1 atom stereocenters. The Kier molecular flexibility index (Phi) is 4.87. The minimum absolute atomic E-state index is 0.261. The van der Waals surface area contributed by atoms with Crippen molar-refractivity contribution >= 4 is 27.6 Å². The number of aryl methyl sites for hydroxylation is 1. The van der Waals surface area contributed by atoms with Crippen molar-refractivity contribution in [2.24, 2.45) is 0 Å². The highest BCUT2D eigenvalue weighted by molar-refractivity contribution is 9.10. The molecule has 0 saturated heterocycles. The van der Waals surface area contributed by atoms with Crippen LogP contribution in [0.5, 0.6) is 0 Å². The molecule has 0 spiro atoms. The van der Waals surface area contributed by atoms with Gasteiger partial charge in [0.25, 0.3) is 0 Å². The maximum atomic E-state index is 4.68. The van der Waals surface area contributed by atoms with Crippen molar-refractivity contribution < 1.29 is 0 Å². The van der Waals surface area contributed by atoms with Gasteiger partial charge in [-0.15, -0.1) is 0 Å². The largest absolute Gasteiger partial charge is 0.370 e. The number of fused-ring (bicyclic) bond motifs is 1. The zero-order chi connectivity index (χ0) is 15.4. The van der Waals surface area contributed by atoms with E-state index in [0.717, 1.165) is 41.2 Å². The van der Waals surface area contributed by atoms with E-state index in [1.807, 2.05) is 0 Å². The van der Waals surface area contributed by atoms with Gasteiger partial charge in [-0.3, -0.25) is 0 Å². The molecule has 0 saturated carbocycles. The van der Waals surface area contributed by atoms with Crippen LogP contribution in [0.25, 0.3) is 0 Å². The lowest BCUT2D eigenvalue weighted by Gasteiger charge is -2.18. The summed E-state index contributed by atoms with van der Waals surface area (Å²) < 4.78 is 0.873. The van der Waals surface area contributed by atoms with E-state index in [1.165, 1.54) is 12.0 Å². The highest BCUT2D eigenvalue weighted by atomic mass is 79.9. The first-order valence-electron chi connectivity index (χ1n) is 7.51. The van der Waals surface area contributed by atoms with Crippen molar-refractivity contribution in [2.45, 2.75) is 32.2 Å². The number of hydrogen-bond acceptors (Lipinski definition) is 5. The van der Waals surface area contributed by atoms with Crippen LogP contribution in [0.3, 0.4) is 0 Å². The first-order valence-corrected chi connectivity index (χ1v) is 8.31. The lowest BCUT2D eigenvalue weighted by Crippen LogP contribution is -2.17. The minimum Gasteiger partial charge on any atom is -0.370 e. The molecule has 1 aliphatic heterocycles. The van der Waals surface area contributed by atoms with Crippen LogP contribution in [0, 0.1) is 6.42 Å². The fourth-order valence-electron chi connectivity index (χ4n) is 2.47. The summed E-state index contributed by atoms with van der Waals surface area (Å²) in [5.74, 6) is 1.86. The average Bonchev–Trinajstić information content (AvgIpc) is 2.55. The predicted octanol–water partition coefficient (Wildman–Crippen LogP) is 3.44. The molecule has 0 aromatic carbocycles. The summed E-state index contributed by atoms with van der Waals surface area (Å²) in [6.45, 7) is 3.14. The van der Waals surface area contributed by atoms with E-state index < -0.39 is 0 Å². The van der Waals surface area contributed by atoms with Gasteiger partial charge in [0.2, 0.25) is 0 Å². The Balaban J connectivity index is 1.57. The quantitative estimate of drug-likeness (QED) is 0.854. The van der Waals surface area contributed by atoms with Gasteiger partial charge in [-0.1, -0.05) is 6.07 Å². The molecule has 6 heteroatoms. The van der Waals surface area contributed by atoms with Crippen molar-refractivity contribution in [3.63, 3.8) is 0 Å². The molecule has 2 aromatic rings. The Hall–Kier alpha value is -1.69. The van der Waals surface area contributed by atoms with Crippen LogP contribution in [0.1, 0.15) is 31.0 Å². The predicted molar refractivity (Wildman–Crippen MR) is 91.9 cm³/mol. The fourth-order valence-corrected chi connectivity index (χ4v) is 2.80. The lowest BCUT2D eigenvalue weighted by molar-refractivity contribution is 0.769. The van der Waals surface area contributed by atoms with Crippen molar-refractivity contribution in [2.75, 3.05) is 17.2 Å². The number of hydrogen-bond donors (Lipinski definition) is 2. The first kappa shape index (κ1) is 15.2. The number of aromatic nitrogens is 3. The van der Waals surface area contributed by atoms with E-state index >= 15 is 0 Å². The zero-order valence-corrected chi connectivity index (χ0v) is 14.1. The molecule has 0 aliphatic carbocycles. The number of rotatable bonds is 5. The summed E-state index contributed by atoms with van der Waals surface area (Å²) in [6, 6.07) is 4.54. The van der Waals surface area contributed by atoms with E-state index in [9.17, 15) is 0 Å². The van der Waals surface area contributed by atoms with Gasteiger partial charge in [0.05, 0.1) is 4.47 Å². The van der Waals surface area contributed by atoms with Crippen LogP contribution < -0.4 is 10.6 Å². The van der Waals surface area contributed by atoms with Crippen LogP contribution in [0.2, 0.25) is 0 Å². The number of halogens is 1. The molecule has 0 unspecified atom stereocenters. The van der Waals surface area contributed by atoms with Crippen LogP contribution in [-0.2, 0) is 6.42 Å². The van der Waals surface area contributed by atoms with Gasteiger partial charge in [0, 0.05) is 30.9 Å². The van der Waals surface area contributed by atoms with Crippen LogP contribution >= 0.6 is 15.9 Å². The van der Waals surface area contributed by atoms with Gasteiger partial charge in [0.15, 0.2) is 0 Å². The Morgan fingerprint density at radius 3 is 3.23 bits per heavy atom. The van der Waals surface area contributed by atoms with Crippen LogP contribution in [0.15, 0.2) is 29.1 Å². The molecule has 2 aromatic heterocycles. The topological polar surface area (TPSA) is 62.7 Å². The number of anilines is 2. The lowest BCUT2D eigenvalue weighted by atomic mass is 10.1. The number of nitrogens with zero attached hydrogens (tertiary/aromatic N) is 3. The molecule has 0 bridgehead atoms. The second-order valence-corrected chi connectivity index (χ2v) is 6.33. The third-order valence-corrected chi connectivity index (χ3v) is 4.23. The van der Waals surface area contributed by atoms with E-state index in [4.69, 9.17) is 0 Å². The highest BCUT2D eigenvalue weighted by Gasteiger charge is 2.12. The number of pyridine rings is 1. The molecule has 3 rings (SSSR count). The SMILES string of the molecule is C[C@@H](C[CH]c1ccc2c(n1)NCCC2)Nc1ncncc1Br. The Bertz CT molecular complexity index is 646. The molecular formula is C16H19BrN5. The highest BCUT2D eigenvalue weighted by Crippen LogP contribution is 2.22. The van der Waals surface area contributed by atoms with Crippen molar-refractivity contribution in [3.05, 3.63) is 46.8 Å². The zero-order valence-electron chi connectivity index (χ0n) is 12.5. The van der Waals surface area contributed by atoms with E-state index in [0.29, 0.717) is 0 Å². The molecular weight excluding hydrogens is 342 g/mol. The van der Waals surface area contributed by atoms with Crippen molar-refractivity contribution in [1.82, 2.24) is 15.0 Å². The molecule has 1 aliphatic rings. The van der Waals surface area contributed by atoms with Gasteiger partial charge < -0.3 is 10.6 Å². The molecule has 0 fully saturated rings. The third kappa shape index (κ3) is 3.74. The summed E-state index contributed by atoms with van der Waals surface area (Å²) in [4.78, 5) is 12.9. The fraction of sp³-hybridized carbons (Fsp3) is 0.375. The smallest absolute Gasteiger partial charge is 0.143 e. The first-order chi connectivity index (χ1) is 10.7. The molecule has 1 radical (unpaired) electrons. The third-order valence-electron chi connectivity index (χ3n) is 3.65.